The molecule has 0 radical (unpaired) electrons. The van der Waals surface area contributed by atoms with Crippen molar-refractivity contribution in [3.05, 3.63) is 4.91 Å². The molecule has 4 unspecified atom stereocenters. The van der Waals surface area contributed by atoms with E-state index in [4.69, 9.17) is 0 Å². The van der Waals surface area contributed by atoms with Crippen molar-refractivity contribution in [2.24, 2.45) is 5.18 Å². The molecule has 1 heterocycles. The van der Waals surface area contributed by atoms with Crippen molar-refractivity contribution in [2.75, 3.05) is 13.1 Å². The second kappa shape index (κ2) is 5.13. The summed E-state index contributed by atoms with van der Waals surface area (Å²) in [6, 6.07) is -1.44. The molecular formula is C8H14FN3O3. The molecule has 7 heteroatoms. The molecule has 0 saturated carbocycles. The number of aliphatic hydroxyl groups is 1. The summed E-state index contributed by atoms with van der Waals surface area (Å²) in [6.45, 7) is 1.27. The lowest BCUT2D eigenvalue weighted by atomic mass is 9.95. The molecule has 0 aromatic rings. The summed E-state index contributed by atoms with van der Waals surface area (Å²) in [5, 5.41) is 17.2. The SMILES string of the molecule is CC(=O)NC1CNC(CN=O)C(O)C1F. The van der Waals surface area contributed by atoms with Gasteiger partial charge in [-0.2, -0.15) is 4.91 Å². The molecule has 1 saturated heterocycles. The van der Waals surface area contributed by atoms with Crippen molar-refractivity contribution in [3.8, 4) is 0 Å². The molecule has 15 heavy (non-hydrogen) atoms. The second-order valence-corrected chi connectivity index (χ2v) is 3.57. The lowest BCUT2D eigenvalue weighted by molar-refractivity contribution is -0.121. The summed E-state index contributed by atoms with van der Waals surface area (Å²) in [4.78, 5) is 20.7. The first kappa shape index (κ1) is 12.0. The summed E-state index contributed by atoms with van der Waals surface area (Å²) in [6.07, 6.45) is -2.91. The monoisotopic (exact) mass is 219 g/mol. The number of carbonyl (C=O) groups is 1. The van der Waals surface area contributed by atoms with Crippen molar-refractivity contribution in [1.29, 1.82) is 0 Å². The summed E-state index contributed by atoms with van der Waals surface area (Å²) in [5.41, 5.74) is 0. The fourth-order valence-corrected chi connectivity index (χ4v) is 1.62. The highest BCUT2D eigenvalue weighted by Gasteiger charge is 2.39. The molecule has 0 spiro atoms. The Bertz CT molecular complexity index is 251. The Balaban J connectivity index is 2.55. The standard InChI is InChI=1S/C8H14FN3O3/c1-4(13)12-5-2-10-6(3-11-15)8(14)7(5)9/h5-8,10,14H,2-3H2,1H3,(H,12,13). The lowest BCUT2D eigenvalue weighted by Gasteiger charge is -2.36. The van der Waals surface area contributed by atoms with Gasteiger partial charge in [-0.05, 0) is 0 Å². The Kier molecular flexibility index (Phi) is 4.10. The quantitative estimate of drug-likeness (QED) is 0.527. The van der Waals surface area contributed by atoms with Crippen molar-refractivity contribution in [2.45, 2.75) is 31.3 Å². The maximum Gasteiger partial charge on any atom is 0.217 e. The highest BCUT2D eigenvalue weighted by atomic mass is 19.1. The maximum absolute atomic E-state index is 13.5. The second-order valence-electron chi connectivity index (χ2n) is 3.57. The Morgan fingerprint density at radius 2 is 2.40 bits per heavy atom. The number of aliphatic hydroxyl groups excluding tert-OH is 1. The number of alkyl halides is 1. The average molecular weight is 219 g/mol. The van der Waals surface area contributed by atoms with E-state index in [1.807, 2.05) is 0 Å². The van der Waals surface area contributed by atoms with E-state index in [0.717, 1.165) is 0 Å². The Hall–Kier alpha value is -1.08. The van der Waals surface area contributed by atoms with Gasteiger partial charge < -0.3 is 15.7 Å². The third kappa shape index (κ3) is 2.93. The number of hydrogen-bond donors (Lipinski definition) is 3. The molecule has 0 bridgehead atoms. The van der Waals surface area contributed by atoms with Crippen LogP contribution < -0.4 is 10.6 Å². The molecule has 0 aliphatic carbocycles. The molecule has 0 aromatic carbocycles. The van der Waals surface area contributed by atoms with Crippen molar-refractivity contribution >= 4 is 5.91 Å². The van der Waals surface area contributed by atoms with Gasteiger partial charge in [0.25, 0.3) is 0 Å². The number of hydrogen-bond acceptors (Lipinski definition) is 5. The molecule has 3 N–H and O–H groups in total. The van der Waals surface area contributed by atoms with Gasteiger partial charge in [-0.15, -0.1) is 0 Å². The van der Waals surface area contributed by atoms with Crippen LogP contribution in [0.3, 0.4) is 0 Å². The largest absolute Gasteiger partial charge is 0.388 e. The van der Waals surface area contributed by atoms with Crippen molar-refractivity contribution < 1.29 is 14.3 Å². The highest BCUT2D eigenvalue weighted by molar-refractivity contribution is 5.73. The van der Waals surface area contributed by atoms with Crippen molar-refractivity contribution in [1.82, 2.24) is 10.6 Å². The van der Waals surface area contributed by atoms with Crippen LogP contribution in [0.5, 0.6) is 0 Å². The smallest absolute Gasteiger partial charge is 0.217 e. The Morgan fingerprint density at radius 1 is 1.73 bits per heavy atom. The minimum atomic E-state index is -1.58. The van der Waals surface area contributed by atoms with Gasteiger partial charge in [0.1, 0.15) is 12.3 Å². The molecule has 1 amide bonds. The summed E-state index contributed by atoms with van der Waals surface area (Å²) >= 11 is 0. The number of nitroso groups, excluding NO2 is 1. The number of nitrogens with one attached hydrogen (secondary N) is 2. The van der Waals surface area contributed by atoms with Crippen LogP contribution in [-0.4, -0.2) is 48.5 Å². The first-order valence-corrected chi connectivity index (χ1v) is 4.68. The number of piperidine rings is 1. The van der Waals surface area contributed by atoms with Gasteiger partial charge in [0.05, 0.1) is 18.6 Å². The average Bonchev–Trinajstić information content (AvgIpc) is 2.17. The van der Waals surface area contributed by atoms with Gasteiger partial charge in [0.15, 0.2) is 0 Å². The molecule has 0 aromatic heterocycles. The van der Waals surface area contributed by atoms with Gasteiger partial charge >= 0.3 is 0 Å². The third-order valence-corrected chi connectivity index (χ3v) is 2.38. The minimum absolute atomic E-state index is 0.179. The number of nitrogens with zero attached hydrogens (tertiary/aromatic N) is 1. The number of amides is 1. The number of halogens is 1. The van der Waals surface area contributed by atoms with E-state index in [1.54, 1.807) is 0 Å². The predicted molar refractivity (Wildman–Crippen MR) is 51.0 cm³/mol. The topological polar surface area (TPSA) is 90.8 Å². The van der Waals surface area contributed by atoms with E-state index in [9.17, 15) is 19.2 Å². The Morgan fingerprint density at radius 3 is 2.93 bits per heavy atom. The van der Waals surface area contributed by atoms with Gasteiger partial charge in [-0.25, -0.2) is 4.39 Å². The van der Waals surface area contributed by atoms with Crippen LogP contribution in [-0.2, 0) is 4.79 Å². The molecule has 6 nitrogen and oxygen atoms in total. The van der Waals surface area contributed by atoms with Crippen LogP contribution >= 0.6 is 0 Å². The van der Waals surface area contributed by atoms with E-state index in [2.05, 4.69) is 15.8 Å². The van der Waals surface area contributed by atoms with Crippen LogP contribution in [0.25, 0.3) is 0 Å². The van der Waals surface area contributed by atoms with Crippen LogP contribution in [0.1, 0.15) is 6.92 Å². The van der Waals surface area contributed by atoms with E-state index < -0.39 is 24.4 Å². The minimum Gasteiger partial charge on any atom is -0.388 e. The molecule has 1 aliphatic heterocycles. The zero-order valence-electron chi connectivity index (χ0n) is 8.31. The first-order chi connectivity index (χ1) is 7.06. The molecule has 1 aliphatic rings. The van der Waals surface area contributed by atoms with Gasteiger partial charge in [0.2, 0.25) is 5.91 Å². The first-order valence-electron chi connectivity index (χ1n) is 4.68. The zero-order chi connectivity index (χ0) is 11.4. The van der Waals surface area contributed by atoms with Crippen LogP contribution in [0.4, 0.5) is 4.39 Å². The van der Waals surface area contributed by atoms with Gasteiger partial charge in [-0.1, -0.05) is 5.18 Å². The van der Waals surface area contributed by atoms with E-state index in [0.29, 0.717) is 0 Å². The van der Waals surface area contributed by atoms with Crippen LogP contribution in [0, 0.1) is 4.91 Å². The maximum atomic E-state index is 13.5. The molecule has 86 valence electrons. The third-order valence-electron chi connectivity index (χ3n) is 2.38. The molecular weight excluding hydrogens is 205 g/mol. The molecule has 4 atom stereocenters. The summed E-state index contributed by atoms with van der Waals surface area (Å²) in [5.74, 6) is -0.358. The van der Waals surface area contributed by atoms with E-state index in [1.165, 1.54) is 6.92 Å². The highest BCUT2D eigenvalue weighted by Crippen LogP contribution is 2.14. The molecule has 1 rings (SSSR count). The predicted octanol–water partition coefficient (Wildman–Crippen LogP) is -1.07. The normalized spacial score (nSPS) is 35.9. The fourth-order valence-electron chi connectivity index (χ4n) is 1.62. The van der Waals surface area contributed by atoms with Crippen molar-refractivity contribution in [3.63, 3.8) is 0 Å². The zero-order valence-corrected chi connectivity index (χ0v) is 8.31. The van der Waals surface area contributed by atoms with Gasteiger partial charge in [0, 0.05) is 13.5 Å². The van der Waals surface area contributed by atoms with E-state index >= 15 is 0 Å². The van der Waals surface area contributed by atoms with Crippen LogP contribution in [0.2, 0.25) is 0 Å². The summed E-state index contributed by atoms with van der Waals surface area (Å²) in [7, 11) is 0. The fraction of sp³-hybridized carbons (Fsp3) is 0.875. The number of rotatable bonds is 3. The van der Waals surface area contributed by atoms with Gasteiger partial charge in [-0.3, -0.25) is 4.79 Å². The number of carbonyl (C=O) groups excluding carboxylic acids is 1. The molecule has 1 fully saturated rings. The summed E-state index contributed by atoms with van der Waals surface area (Å²) < 4.78 is 13.5. The lowest BCUT2D eigenvalue weighted by Crippen LogP contribution is -2.63. The Labute approximate surface area is 86.2 Å². The van der Waals surface area contributed by atoms with E-state index in [-0.39, 0.29) is 19.0 Å². The van der Waals surface area contributed by atoms with Crippen LogP contribution in [0.15, 0.2) is 5.18 Å².